The predicted octanol–water partition coefficient (Wildman–Crippen LogP) is 2.11. The molecule has 1 aromatic rings. The molecule has 15 heavy (non-hydrogen) atoms. The molecule has 1 aliphatic rings. The fourth-order valence-electron chi connectivity index (χ4n) is 1.73. The maximum Gasteiger partial charge on any atom is 0.230 e. The number of carbonyl (C=O) groups is 1. The topological polar surface area (TPSA) is 54.9 Å². The Morgan fingerprint density at radius 3 is 2.93 bits per heavy atom. The Bertz CT molecular complexity index is 377. The summed E-state index contributed by atoms with van der Waals surface area (Å²) in [6, 6.07) is 1.57. The summed E-state index contributed by atoms with van der Waals surface area (Å²) >= 11 is 5.68. The Balaban J connectivity index is 1.94. The van der Waals surface area contributed by atoms with E-state index in [1.54, 1.807) is 6.07 Å². The fraction of sp³-hybridized carbons (Fsp3) is 0.500. The van der Waals surface area contributed by atoms with E-state index in [1.807, 2.05) is 0 Å². The summed E-state index contributed by atoms with van der Waals surface area (Å²) in [4.78, 5) is 19.4. The lowest BCUT2D eigenvalue weighted by Crippen LogP contribution is -2.33. The summed E-state index contributed by atoms with van der Waals surface area (Å²) in [7, 11) is 0. The summed E-state index contributed by atoms with van der Waals surface area (Å²) in [5.41, 5.74) is 0. The van der Waals surface area contributed by atoms with Gasteiger partial charge in [-0.1, -0.05) is 18.5 Å². The van der Waals surface area contributed by atoms with Gasteiger partial charge in [0, 0.05) is 12.1 Å². The Kier molecular flexibility index (Phi) is 2.86. The first-order chi connectivity index (χ1) is 7.15. The number of halogens is 1. The van der Waals surface area contributed by atoms with E-state index in [9.17, 15) is 4.79 Å². The first-order valence-corrected chi connectivity index (χ1v) is 5.32. The molecule has 80 valence electrons. The van der Waals surface area contributed by atoms with Gasteiger partial charge in [0.25, 0.3) is 0 Å². The van der Waals surface area contributed by atoms with Crippen molar-refractivity contribution in [3.63, 3.8) is 0 Å². The second-order valence-corrected chi connectivity index (χ2v) is 4.35. The third-order valence-corrected chi connectivity index (χ3v) is 2.81. The number of hydrogen-bond acceptors (Lipinski definition) is 3. The van der Waals surface area contributed by atoms with Crippen molar-refractivity contribution in [2.24, 2.45) is 11.8 Å². The van der Waals surface area contributed by atoms with Crippen LogP contribution in [-0.4, -0.2) is 15.9 Å². The minimum Gasteiger partial charge on any atom is -0.294 e. The van der Waals surface area contributed by atoms with Crippen molar-refractivity contribution in [1.82, 2.24) is 9.97 Å². The quantitative estimate of drug-likeness (QED) is 0.785. The zero-order valence-corrected chi connectivity index (χ0v) is 9.16. The standard InChI is InChI=1S/C10H12ClN3O/c1-6-4-7(5-6)9(15)14-10-12-3-2-8(11)13-10/h2-3,6-7H,4-5H2,1H3,(H,12,13,14,15). The van der Waals surface area contributed by atoms with Crippen molar-refractivity contribution in [2.75, 3.05) is 5.32 Å². The number of aromatic nitrogens is 2. The molecule has 0 aliphatic heterocycles. The summed E-state index contributed by atoms with van der Waals surface area (Å²) < 4.78 is 0. The molecule has 0 aromatic carbocycles. The van der Waals surface area contributed by atoms with Gasteiger partial charge in [-0.15, -0.1) is 0 Å². The van der Waals surface area contributed by atoms with Crippen LogP contribution in [0.3, 0.4) is 0 Å². The molecule has 0 spiro atoms. The molecule has 1 amide bonds. The number of anilines is 1. The molecule has 2 rings (SSSR count). The SMILES string of the molecule is CC1CC(C(=O)Nc2nccc(Cl)n2)C1. The van der Waals surface area contributed by atoms with Gasteiger partial charge in [0.15, 0.2) is 0 Å². The summed E-state index contributed by atoms with van der Waals surface area (Å²) in [6.07, 6.45) is 3.42. The molecule has 1 N–H and O–H groups in total. The Morgan fingerprint density at radius 1 is 1.60 bits per heavy atom. The molecule has 1 aliphatic carbocycles. The average molecular weight is 226 g/mol. The largest absolute Gasteiger partial charge is 0.294 e. The number of nitrogens with one attached hydrogen (secondary N) is 1. The highest BCUT2D eigenvalue weighted by Gasteiger charge is 2.31. The molecule has 0 bridgehead atoms. The zero-order chi connectivity index (χ0) is 10.8. The van der Waals surface area contributed by atoms with E-state index < -0.39 is 0 Å². The molecule has 0 unspecified atom stereocenters. The first kappa shape index (κ1) is 10.4. The minimum atomic E-state index is -0.00429. The average Bonchev–Trinajstić information content (AvgIpc) is 2.13. The zero-order valence-electron chi connectivity index (χ0n) is 8.40. The Morgan fingerprint density at radius 2 is 2.33 bits per heavy atom. The smallest absolute Gasteiger partial charge is 0.230 e. The van der Waals surface area contributed by atoms with Crippen molar-refractivity contribution < 1.29 is 4.79 Å². The van der Waals surface area contributed by atoms with Crippen molar-refractivity contribution in [1.29, 1.82) is 0 Å². The summed E-state index contributed by atoms with van der Waals surface area (Å²) in [5, 5.41) is 3.00. The van der Waals surface area contributed by atoms with Gasteiger partial charge < -0.3 is 0 Å². The van der Waals surface area contributed by atoms with Crippen molar-refractivity contribution in [2.45, 2.75) is 19.8 Å². The van der Waals surface area contributed by atoms with Crippen LogP contribution in [-0.2, 0) is 4.79 Å². The van der Waals surface area contributed by atoms with Crippen LogP contribution < -0.4 is 5.32 Å². The van der Waals surface area contributed by atoms with Crippen LogP contribution in [0.2, 0.25) is 5.15 Å². The minimum absolute atomic E-state index is 0.00429. The molecule has 1 fully saturated rings. The second kappa shape index (κ2) is 4.14. The lowest BCUT2D eigenvalue weighted by molar-refractivity contribution is -0.123. The van der Waals surface area contributed by atoms with Crippen LogP contribution >= 0.6 is 11.6 Å². The van der Waals surface area contributed by atoms with E-state index >= 15 is 0 Å². The van der Waals surface area contributed by atoms with Gasteiger partial charge in [-0.2, -0.15) is 0 Å². The van der Waals surface area contributed by atoms with Gasteiger partial charge in [-0.25, -0.2) is 9.97 Å². The predicted molar refractivity (Wildman–Crippen MR) is 57.6 cm³/mol. The van der Waals surface area contributed by atoms with Crippen LogP contribution in [0.15, 0.2) is 12.3 Å². The van der Waals surface area contributed by atoms with Gasteiger partial charge in [0.05, 0.1) is 0 Å². The van der Waals surface area contributed by atoms with E-state index in [4.69, 9.17) is 11.6 Å². The molecule has 1 heterocycles. The highest BCUT2D eigenvalue weighted by molar-refractivity contribution is 6.29. The molecule has 5 heteroatoms. The maximum absolute atomic E-state index is 11.6. The van der Waals surface area contributed by atoms with Gasteiger partial charge in [0.2, 0.25) is 11.9 Å². The number of nitrogens with zero attached hydrogens (tertiary/aromatic N) is 2. The number of carbonyl (C=O) groups excluding carboxylic acids is 1. The highest BCUT2D eigenvalue weighted by atomic mass is 35.5. The highest BCUT2D eigenvalue weighted by Crippen LogP contribution is 2.33. The first-order valence-electron chi connectivity index (χ1n) is 4.94. The van der Waals surface area contributed by atoms with Gasteiger partial charge >= 0.3 is 0 Å². The monoisotopic (exact) mass is 225 g/mol. The molecular weight excluding hydrogens is 214 g/mol. The van der Waals surface area contributed by atoms with Crippen LogP contribution in [0.4, 0.5) is 5.95 Å². The Hall–Kier alpha value is -1.16. The fourth-order valence-corrected chi connectivity index (χ4v) is 1.86. The molecule has 0 saturated heterocycles. The summed E-state index contributed by atoms with van der Waals surface area (Å²) in [6.45, 7) is 2.14. The van der Waals surface area contributed by atoms with Gasteiger partial charge in [0.1, 0.15) is 5.15 Å². The van der Waals surface area contributed by atoms with E-state index in [0.29, 0.717) is 11.1 Å². The van der Waals surface area contributed by atoms with E-state index in [1.165, 1.54) is 6.20 Å². The molecular formula is C10H12ClN3O. The summed E-state index contributed by atoms with van der Waals surface area (Å²) in [5.74, 6) is 1.05. The van der Waals surface area contributed by atoms with Crippen LogP contribution in [0, 0.1) is 11.8 Å². The molecule has 1 saturated carbocycles. The lowest BCUT2D eigenvalue weighted by atomic mass is 9.76. The normalized spacial score (nSPS) is 24.4. The third kappa shape index (κ3) is 2.45. The van der Waals surface area contributed by atoms with Gasteiger partial charge in [-0.05, 0) is 24.8 Å². The molecule has 4 nitrogen and oxygen atoms in total. The van der Waals surface area contributed by atoms with E-state index in [2.05, 4.69) is 22.2 Å². The number of amides is 1. The van der Waals surface area contributed by atoms with E-state index in [-0.39, 0.29) is 17.8 Å². The number of rotatable bonds is 2. The van der Waals surface area contributed by atoms with Crippen LogP contribution in [0.5, 0.6) is 0 Å². The van der Waals surface area contributed by atoms with Crippen LogP contribution in [0.25, 0.3) is 0 Å². The third-order valence-electron chi connectivity index (χ3n) is 2.60. The van der Waals surface area contributed by atoms with Crippen molar-refractivity contribution in [3.8, 4) is 0 Å². The molecule has 0 atom stereocenters. The van der Waals surface area contributed by atoms with Crippen molar-refractivity contribution in [3.05, 3.63) is 17.4 Å². The maximum atomic E-state index is 11.6. The van der Waals surface area contributed by atoms with Crippen molar-refractivity contribution >= 4 is 23.5 Å². The molecule has 0 radical (unpaired) electrons. The molecule has 1 aromatic heterocycles. The number of hydrogen-bond donors (Lipinski definition) is 1. The van der Waals surface area contributed by atoms with E-state index in [0.717, 1.165) is 12.8 Å². The van der Waals surface area contributed by atoms with Crippen LogP contribution in [0.1, 0.15) is 19.8 Å². The lowest BCUT2D eigenvalue weighted by Gasteiger charge is -2.30. The second-order valence-electron chi connectivity index (χ2n) is 3.97. The van der Waals surface area contributed by atoms with Gasteiger partial charge in [-0.3, -0.25) is 10.1 Å². The Labute approximate surface area is 93.1 Å².